The highest BCUT2D eigenvalue weighted by atomic mass is 32.1. The first kappa shape index (κ1) is 14.3. The molecule has 0 unspecified atom stereocenters. The van der Waals surface area contributed by atoms with Gasteiger partial charge in [0.15, 0.2) is 0 Å². The molecule has 0 spiro atoms. The molecule has 1 aliphatic rings. The molecular formula is C18H17N3OS. The molecule has 0 radical (unpaired) electrons. The highest BCUT2D eigenvalue weighted by molar-refractivity contribution is 7.09. The third kappa shape index (κ3) is 2.72. The van der Waals surface area contributed by atoms with E-state index < -0.39 is 0 Å². The van der Waals surface area contributed by atoms with Gasteiger partial charge in [-0.05, 0) is 25.0 Å². The number of piperidine rings is 1. The maximum Gasteiger partial charge on any atom is 0.256 e. The van der Waals surface area contributed by atoms with Crippen molar-refractivity contribution in [2.45, 2.75) is 18.8 Å². The van der Waals surface area contributed by atoms with Gasteiger partial charge >= 0.3 is 0 Å². The summed E-state index contributed by atoms with van der Waals surface area (Å²) in [5.41, 5.74) is 1.49. The van der Waals surface area contributed by atoms with Crippen molar-refractivity contribution in [2.24, 2.45) is 0 Å². The number of hydrogen-bond donors (Lipinski definition) is 0. The second kappa shape index (κ2) is 6.08. The number of rotatable bonds is 2. The van der Waals surface area contributed by atoms with Gasteiger partial charge in [-0.2, -0.15) is 0 Å². The minimum Gasteiger partial charge on any atom is -0.338 e. The first-order valence-corrected chi connectivity index (χ1v) is 8.73. The maximum absolute atomic E-state index is 13.0. The number of para-hydroxylation sites is 1. The first-order chi connectivity index (χ1) is 11.3. The predicted octanol–water partition coefficient (Wildman–Crippen LogP) is 3.71. The van der Waals surface area contributed by atoms with Crippen LogP contribution < -0.4 is 0 Å². The van der Waals surface area contributed by atoms with Gasteiger partial charge in [0.05, 0.1) is 16.1 Å². The summed E-state index contributed by atoms with van der Waals surface area (Å²) < 4.78 is 0. The highest BCUT2D eigenvalue weighted by Crippen LogP contribution is 2.29. The lowest BCUT2D eigenvalue weighted by Gasteiger charge is -2.32. The fraction of sp³-hybridized carbons (Fsp3) is 0.278. The number of nitrogens with zero attached hydrogens (tertiary/aromatic N) is 3. The van der Waals surface area contributed by atoms with Crippen LogP contribution in [0.3, 0.4) is 0 Å². The fourth-order valence-corrected chi connectivity index (χ4v) is 4.01. The smallest absolute Gasteiger partial charge is 0.256 e. The Kier molecular flexibility index (Phi) is 3.79. The molecule has 4 nitrogen and oxygen atoms in total. The van der Waals surface area contributed by atoms with Crippen molar-refractivity contribution < 1.29 is 4.79 Å². The van der Waals surface area contributed by atoms with Gasteiger partial charge in [-0.1, -0.05) is 18.2 Å². The molecule has 1 aliphatic heterocycles. The van der Waals surface area contributed by atoms with Crippen LogP contribution in [0, 0.1) is 0 Å². The molecule has 1 atom stereocenters. The summed E-state index contributed by atoms with van der Waals surface area (Å²) >= 11 is 1.68. The molecule has 3 aromatic rings. The van der Waals surface area contributed by atoms with Crippen molar-refractivity contribution in [1.82, 2.24) is 14.9 Å². The van der Waals surface area contributed by atoms with E-state index in [1.54, 1.807) is 17.5 Å². The minimum atomic E-state index is 0.0792. The van der Waals surface area contributed by atoms with Crippen molar-refractivity contribution in [1.29, 1.82) is 0 Å². The van der Waals surface area contributed by atoms with E-state index in [0.29, 0.717) is 11.5 Å². The van der Waals surface area contributed by atoms with Crippen molar-refractivity contribution in [3.8, 4) is 0 Å². The monoisotopic (exact) mass is 323 g/mol. The molecule has 1 saturated heterocycles. The third-order valence-electron chi connectivity index (χ3n) is 4.37. The summed E-state index contributed by atoms with van der Waals surface area (Å²) in [6.07, 6.45) is 5.71. The molecule has 116 valence electrons. The average Bonchev–Trinajstić information content (AvgIpc) is 3.15. The minimum absolute atomic E-state index is 0.0792. The van der Waals surface area contributed by atoms with Gasteiger partial charge in [0.1, 0.15) is 0 Å². The van der Waals surface area contributed by atoms with Gasteiger partial charge in [0, 0.05) is 42.2 Å². The van der Waals surface area contributed by atoms with Gasteiger partial charge in [-0.15, -0.1) is 11.3 Å². The van der Waals surface area contributed by atoms with E-state index in [-0.39, 0.29) is 5.91 Å². The molecule has 0 saturated carbocycles. The van der Waals surface area contributed by atoms with E-state index in [9.17, 15) is 4.79 Å². The van der Waals surface area contributed by atoms with Crippen molar-refractivity contribution in [3.05, 3.63) is 58.7 Å². The number of carbonyl (C=O) groups is 1. The molecule has 4 rings (SSSR count). The molecule has 2 aromatic heterocycles. The van der Waals surface area contributed by atoms with Crippen LogP contribution in [0.25, 0.3) is 10.9 Å². The molecule has 3 heterocycles. The van der Waals surface area contributed by atoms with Gasteiger partial charge in [0.2, 0.25) is 0 Å². The zero-order valence-electron chi connectivity index (χ0n) is 12.7. The van der Waals surface area contributed by atoms with E-state index in [1.807, 2.05) is 46.8 Å². The highest BCUT2D eigenvalue weighted by Gasteiger charge is 2.27. The van der Waals surface area contributed by atoms with Crippen LogP contribution in [0.5, 0.6) is 0 Å². The number of pyridine rings is 1. The number of aromatic nitrogens is 2. The van der Waals surface area contributed by atoms with E-state index >= 15 is 0 Å². The Bertz CT molecular complexity index is 826. The standard InChI is InChI=1S/C18H17N3OS/c22-18(15-7-1-4-13-5-2-8-19-16(13)15)21-10-3-6-14(12-21)17-20-9-11-23-17/h1-2,4-5,7-9,11,14H,3,6,10,12H2/t14-/m1/s1. The summed E-state index contributed by atoms with van der Waals surface area (Å²) in [6, 6.07) is 9.70. The van der Waals surface area contributed by atoms with Gasteiger partial charge in [-0.25, -0.2) is 4.98 Å². The number of fused-ring (bicyclic) bond motifs is 1. The number of carbonyl (C=O) groups excluding carboxylic acids is 1. The number of benzene rings is 1. The van der Waals surface area contributed by atoms with E-state index in [4.69, 9.17) is 0 Å². The van der Waals surface area contributed by atoms with Crippen LogP contribution >= 0.6 is 11.3 Å². The number of likely N-dealkylation sites (tertiary alicyclic amines) is 1. The zero-order chi connectivity index (χ0) is 15.6. The Morgan fingerprint density at radius 2 is 2.09 bits per heavy atom. The van der Waals surface area contributed by atoms with E-state index in [1.165, 1.54) is 0 Å². The molecule has 0 aliphatic carbocycles. The van der Waals surface area contributed by atoms with Crippen LogP contribution in [-0.4, -0.2) is 33.9 Å². The van der Waals surface area contributed by atoms with Crippen LogP contribution in [0.1, 0.15) is 34.1 Å². The Morgan fingerprint density at radius 1 is 1.17 bits per heavy atom. The average molecular weight is 323 g/mol. The zero-order valence-corrected chi connectivity index (χ0v) is 13.5. The second-order valence-corrected chi connectivity index (χ2v) is 6.77. The van der Waals surface area contributed by atoms with Crippen molar-refractivity contribution >= 4 is 28.1 Å². The quantitative estimate of drug-likeness (QED) is 0.722. The molecule has 1 fully saturated rings. The van der Waals surface area contributed by atoms with Gasteiger partial charge in [-0.3, -0.25) is 9.78 Å². The molecule has 1 amide bonds. The maximum atomic E-state index is 13.0. The van der Waals surface area contributed by atoms with Crippen molar-refractivity contribution in [2.75, 3.05) is 13.1 Å². The summed E-state index contributed by atoms with van der Waals surface area (Å²) in [4.78, 5) is 23.8. The molecule has 0 bridgehead atoms. The Morgan fingerprint density at radius 3 is 2.96 bits per heavy atom. The molecule has 5 heteroatoms. The summed E-state index contributed by atoms with van der Waals surface area (Å²) in [6.45, 7) is 1.56. The lowest BCUT2D eigenvalue weighted by molar-refractivity contribution is 0.0709. The second-order valence-electron chi connectivity index (χ2n) is 5.84. The first-order valence-electron chi connectivity index (χ1n) is 7.85. The number of thiazole rings is 1. The van der Waals surface area contributed by atoms with E-state index in [0.717, 1.165) is 41.8 Å². The van der Waals surface area contributed by atoms with Gasteiger partial charge in [0.25, 0.3) is 5.91 Å². The topological polar surface area (TPSA) is 46.1 Å². The lowest BCUT2D eigenvalue weighted by Crippen LogP contribution is -2.39. The number of amides is 1. The lowest BCUT2D eigenvalue weighted by atomic mass is 9.97. The van der Waals surface area contributed by atoms with Crippen LogP contribution in [-0.2, 0) is 0 Å². The Hall–Kier alpha value is -2.27. The molecule has 1 aromatic carbocycles. The van der Waals surface area contributed by atoms with E-state index in [2.05, 4.69) is 9.97 Å². The van der Waals surface area contributed by atoms with Crippen LogP contribution in [0.4, 0.5) is 0 Å². The molecule has 23 heavy (non-hydrogen) atoms. The SMILES string of the molecule is O=C(c1cccc2cccnc12)N1CCC[C@@H](c2nccs2)C1. The largest absolute Gasteiger partial charge is 0.338 e. The summed E-state index contributed by atoms with van der Waals surface area (Å²) in [5.74, 6) is 0.436. The normalized spacial score (nSPS) is 18.3. The van der Waals surface area contributed by atoms with Crippen LogP contribution in [0.15, 0.2) is 48.1 Å². The van der Waals surface area contributed by atoms with Crippen LogP contribution in [0.2, 0.25) is 0 Å². The van der Waals surface area contributed by atoms with Gasteiger partial charge < -0.3 is 4.90 Å². The third-order valence-corrected chi connectivity index (χ3v) is 5.31. The van der Waals surface area contributed by atoms with Crippen molar-refractivity contribution in [3.63, 3.8) is 0 Å². The number of hydrogen-bond acceptors (Lipinski definition) is 4. The Balaban J connectivity index is 1.63. The summed E-state index contributed by atoms with van der Waals surface area (Å²) in [5, 5.41) is 4.15. The molecule has 0 N–H and O–H groups in total. The predicted molar refractivity (Wildman–Crippen MR) is 91.7 cm³/mol. The fourth-order valence-electron chi connectivity index (χ4n) is 3.25. The molecular weight excluding hydrogens is 306 g/mol. The summed E-state index contributed by atoms with van der Waals surface area (Å²) in [7, 11) is 0. The Labute approximate surface area is 138 Å².